The van der Waals surface area contributed by atoms with Crippen molar-refractivity contribution in [3.05, 3.63) is 81.1 Å². The molecular weight excluding hydrogens is 351 g/mol. The van der Waals surface area contributed by atoms with E-state index in [-0.39, 0.29) is 0 Å². The smallest absolute Gasteiger partial charge is 0.0645 e. The van der Waals surface area contributed by atoms with Gasteiger partial charge in [-0.3, -0.25) is 4.99 Å². The average Bonchev–Trinajstić information content (AvgIpc) is 2.89. The SMILES string of the molecule is CCc1ccccc1-n1c(C)cc(C=Nc2ccc(Cl)c(Cl)c2)c1C. The van der Waals surface area contributed by atoms with Crippen molar-refractivity contribution in [2.45, 2.75) is 27.2 Å². The normalized spacial score (nSPS) is 11.4. The van der Waals surface area contributed by atoms with Gasteiger partial charge in [0.25, 0.3) is 0 Å². The summed E-state index contributed by atoms with van der Waals surface area (Å²) in [6.45, 7) is 6.42. The first-order valence-electron chi connectivity index (χ1n) is 8.27. The van der Waals surface area contributed by atoms with Crippen LogP contribution in [-0.4, -0.2) is 10.8 Å². The highest BCUT2D eigenvalue weighted by Crippen LogP contribution is 2.27. The van der Waals surface area contributed by atoms with Crippen LogP contribution in [0.1, 0.15) is 29.4 Å². The summed E-state index contributed by atoms with van der Waals surface area (Å²) in [5.41, 5.74) is 6.80. The molecule has 0 fully saturated rings. The third-order valence-electron chi connectivity index (χ3n) is 4.34. The average molecular weight is 371 g/mol. The highest BCUT2D eigenvalue weighted by atomic mass is 35.5. The zero-order valence-corrected chi connectivity index (χ0v) is 16.1. The fourth-order valence-corrected chi connectivity index (χ4v) is 3.32. The number of aromatic nitrogens is 1. The maximum atomic E-state index is 6.06. The van der Waals surface area contributed by atoms with Gasteiger partial charge in [0.05, 0.1) is 15.7 Å². The van der Waals surface area contributed by atoms with E-state index in [0.717, 1.165) is 17.7 Å². The molecule has 0 atom stereocenters. The molecule has 1 aromatic heterocycles. The predicted molar refractivity (Wildman–Crippen MR) is 108 cm³/mol. The number of aryl methyl sites for hydroxylation is 2. The quantitative estimate of drug-likeness (QED) is 0.453. The van der Waals surface area contributed by atoms with Crippen LogP contribution in [0.25, 0.3) is 5.69 Å². The van der Waals surface area contributed by atoms with Gasteiger partial charge in [-0.1, -0.05) is 48.3 Å². The first-order chi connectivity index (χ1) is 12.0. The molecule has 2 nitrogen and oxygen atoms in total. The first-order valence-corrected chi connectivity index (χ1v) is 9.03. The van der Waals surface area contributed by atoms with Gasteiger partial charge in [0, 0.05) is 28.9 Å². The van der Waals surface area contributed by atoms with E-state index in [4.69, 9.17) is 23.2 Å². The Bertz CT molecular complexity index is 939. The number of halogens is 2. The van der Waals surface area contributed by atoms with Crippen molar-refractivity contribution in [3.63, 3.8) is 0 Å². The highest BCUT2D eigenvalue weighted by Gasteiger charge is 2.11. The predicted octanol–water partition coefficient (Wildman–Crippen LogP) is 6.71. The van der Waals surface area contributed by atoms with Gasteiger partial charge >= 0.3 is 0 Å². The molecule has 3 aromatic rings. The molecule has 0 bridgehead atoms. The van der Waals surface area contributed by atoms with Gasteiger partial charge in [-0.15, -0.1) is 0 Å². The van der Waals surface area contributed by atoms with Crippen molar-refractivity contribution in [1.29, 1.82) is 0 Å². The van der Waals surface area contributed by atoms with Crippen molar-refractivity contribution in [2.24, 2.45) is 4.99 Å². The van der Waals surface area contributed by atoms with E-state index in [1.807, 2.05) is 12.3 Å². The summed E-state index contributed by atoms with van der Waals surface area (Å²) in [7, 11) is 0. The molecule has 0 spiro atoms. The third-order valence-corrected chi connectivity index (χ3v) is 5.08. The lowest BCUT2D eigenvalue weighted by Gasteiger charge is -2.13. The van der Waals surface area contributed by atoms with Crippen LogP contribution in [0.5, 0.6) is 0 Å². The fraction of sp³-hybridized carbons (Fsp3) is 0.190. The van der Waals surface area contributed by atoms with Crippen molar-refractivity contribution < 1.29 is 0 Å². The minimum atomic E-state index is 0.513. The number of hydrogen-bond acceptors (Lipinski definition) is 1. The van der Waals surface area contributed by atoms with E-state index >= 15 is 0 Å². The van der Waals surface area contributed by atoms with Gasteiger partial charge in [0.2, 0.25) is 0 Å². The van der Waals surface area contributed by atoms with E-state index in [9.17, 15) is 0 Å². The van der Waals surface area contributed by atoms with E-state index in [0.29, 0.717) is 10.0 Å². The lowest BCUT2D eigenvalue weighted by Crippen LogP contribution is -2.03. The molecule has 128 valence electrons. The number of aliphatic imine (C=N–C) groups is 1. The number of hydrogen-bond donors (Lipinski definition) is 0. The van der Waals surface area contributed by atoms with Gasteiger partial charge < -0.3 is 4.57 Å². The van der Waals surface area contributed by atoms with Gasteiger partial charge in [0.1, 0.15) is 0 Å². The molecule has 0 aliphatic rings. The Hall–Kier alpha value is -2.03. The molecule has 0 saturated carbocycles. The molecule has 25 heavy (non-hydrogen) atoms. The van der Waals surface area contributed by atoms with Crippen LogP contribution in [0, 0.1) is 13.8 Å². The summed E-state index contributed by atoms with van der Waals surface area (Å²) < 4.78 is 2.29. The van der Waals surface area contributed by atoms with Crippen LogP contribution in [0.2, 0.25) is 10.0 Å². The Morgan fingerprint density at radius 3 is 2.48 bits per heavy atom. The lowest BCUT2D eigenvalue weighted by atomic mass is 10.1. The molecule has 0 N–H and O–H groups in total. The minimum Gasteiger partial charge on any atom is -0.318 e. The second kappa shape index (κ2) is 7.47. The van der Waals surface area contributed by atoms with Crippen molar-refractivity contribution in [1.82, 2.24) is 4.57 Å². The zero-order chi connectivity index (χ0) is 18.0. The number of rotatable bonds is 4. The topological polar surface area (TPSA) is 17.3 Å². The number of para-hydroxylation sites is 1. The minimum absolute atomic E-state index is 0.513. The summed E-state index contributed by atoms with van der Waals surface area (Å²) in [6, 6.07) is 16.1. The van der Waals surface area contributed by atoms with Crippen LogP contribution in [0.3, 0.4) is 0 Å². The maximum Gasteiger partial charge on any atom is 0.0645 e. The lowest BCUT2D eigenvalue weighted by molar-refractivity contribution is 0.937. The van der Waals surface area contributed by atoms with Crippen molar-refractivity contribution in [2.75, 3.05) is 0 Å². The Morgan fingerprint density at radius 2 is 1.76 bits per heavy atom. The van der Waals surface area contributed by atoms with Crippen LogP contribution in [-0.2, 0) is 6.42 Å². The standard InChI is InChI=1S/C21H20Cl2N2/c1-4-16-7-5-6-8-21(16)25-14(2)11-17(15(25)3)13-24-18-9-10-19(22)20(23)12-18/h5-13H,4H2,1-3H3. The van der Waals surface area contributed by atoms with E-state index in [1.54, 1.807) is 12.1 Å². The van der Waals surface area contributed by atoms with Crippen molar-refractivity contribution in [3.8, 4) is 5.69 Å². The van der Waals surface area contributed by atoms with Crippen LogP contribution in [0.4, 0.5) is 5.69 Å². The molecule has 3 rings (SSSR count). The number of benzene rings is 2. The molecule has 0 radical (unpaired) electrons. The van der Waals surface area contributed by atoms with Gasteiger partial charge in [0.15, 0.2) is 0 Å². The van der Waals surface area contributed by atoms with E-state index in [1.165, 1.54) is 22.6 Å². The summed E-state index contributed by atoms with van der Waals surface area (Å²) in [4.78, 5) is 4.55. The Morgan fingerprint density at radius 1 is 1.00 bits per heavy atom. The Kier molecular flexibility index (Phi) is 5.31. The summed E-state index contributed by atoms with van der Waals surface area (Å²) >= 11 is 12.0. The second-order valence-corrected chi connectivity index (χ2v) is 6.82. The van der Waals surface area contributed by atoms with Gasteiger partial charge in [-0.2, -0.15) is 0 Å². The summed E-state index contributed by atoms with van der Waals surface area (Å²) in [5.74, 6) is 0. The van der Waals surface area contributed by atoms with E-state index in [2.05, 4.69) is 60.7 Å². The summed E-state index contributed by atoms with van der Waals surface area (Å²) in [6.07, 6.45) is 2.88. The second-order valence-electron chi connectivity index (χ2n) is 6.00. The molecule has 0 saturated heterocycles. The molecule has 0 aliphatic heterocycles. The molecule has 0 aliphatic carbocycles. The molecule has 0 amide bonds. The third kappa shape index (κ3) is 3.65. The Balaban J connectivity index is 1.99. The molecule has 2 aromatic carbocycles. The molecule has 1 heterocycles. The zero-order valence-electron chi connectivity index (χ0n) is 14.6. The fourth-order valence-electron chi connectivity index (χ4n) is 3.03. The first kappa shape index (κ1) is 17.8. The Labute approximate surface area is 158 Å². The number of nitrogens with zero attached hydrogens (tertiary/aromatic N) is 2. The highest BCUT2D eigenvalue weighted by molar-refractivity contribution is 6.42. The maximum absolute atomic E-state index is 6.06. The van der Waals surface area contributed by atoms with E-state index < -0.39 is 0 Å². The molecule has 4 heteroatoms. The molecular formula is C21H20Cl2N2. The van der Waals surface area contributed by atoms with Gasteiger partial charge in [-0.05, 0) is 56.2 Å². The van der Waals surface area contributed by atoms with Crippen molar-refractivity contribution >= 4 is 35.1 Å². The van der Waals surface area contributed by atoms with Crippen LogP contribution in [0.15, 0.2) is 53.5 Å². The van der Waals surface area contributed by atoms with Gasteiger partial charge in [-0.25, -0.2) is 0 Å². The largest absolute Gasteiger partial charge is 0.318 e. The summed E-state index contributed by atoms with van der Waals surface area (Å²) in [5, 5.41) is 1.05. The van der Waals surface area contributed by atoms with Crippen LogP contribution >= 0.6 is 23.2 Å². The molecule has 0 unspecified atom stereocenters. The monoisotopic (exact) mass is 370 g/mol. The van der Waals surface area contributed by atoms with Crippen LogP contribution < -0.4 is 0 Å².